The molecule has 0 aromatic heterocycles. The molecule has 2 aliphatic rings. The Morgan fingerprint density at radius 3 is 2.22 bits per heavy atom. The molecule has 1 aliphatic carbocycles. The minimum Gasteiger partial charge on any atom is -0.364 e. The normalized spacial score (nSPS) is 19.5. The van der Waals surface area contributed by atoms with E-state index in [0.29, 0.717) is 12.3 Å². The fraction of sp³-hybridized carbons (Fsp3) is 0.500. The van der Waals surface area contributed by atoms with E-state index in [1.807, 2.05) is 13.8 Å². The predicted molar refractivity (Wildman–Crippen MR) is 122 cm³/mol. The molecular weight excluding hydrogens is 413 g/mol. The van der Waals surface area contributed by atoms with Crippen molar-refractivity contribution < 1.29 is 18.0 Å². The van der Waals surface area contributed by atoms with Gasteiger partial charge in [-0.05, 0) is 86.4 Å². The quantitative estimate of drug-likeness (QED) is 0.530. The van der Waals surface area contributed by atoms with E-state index < -0.39 is 11.7 Å². The molecule has 0 radical (unpaired) electrons. The number of carbonyl (C=O) groups excluding carboxylic acids is 1. The summed E-state index contributed by atoms with van der Waals surface area (Å²) in [6.45, 7) is 4.87. The van der Waals surface area contributed by atoms with Crippen molar-refractivity contribution in [1.29, 1.82) is 0 Å². The lowest BCUT2D eigenvalue weighted by atomic mass is 10.0. The third-order valence-electron chi connectivity index (χ3n) is 6.94. The molecule has 1 saturated carbocycles. The zero-order valence-electron chi connectivity index (χ0n) is 18.8. The highest BCUT2D eigenvalue weighted by molar-refractivity contribution is 5.93. The van der Waals surface area contributed by atoms with Gasteiger partial charge in [-0.1, -0.05) is 25.0 Å². The van der Waals surface area contributed by atoms with Gasteiger partial charge in [0.2, 0.25) is 5.91 Å². The summed E-state index contributed by atoms with van der Waals surface area (Å²) in [6, 6.07) is 9.77. The summed E-state index contributed by atoms with van der Waals surface area (Å²) in [6.07, 6.45) is 2.90. The summed E-state index contributed by atoms with van der Waals surface area (Å²) < 4.78 is 38.8. The number of hydrogen-bond acceptors (Lipinski definition) is 2. The molecule has 1 heterocycles. The molecule has 0 bridgehead atoms. The highest BCUT2D eigenvalue weighted by Gasteiger charge is 2.32. The monoisotopic (exact) mass is 444 g/mol. The van der Waals surface area contributed by atoms with Crippen molar-refractivity contribution in [2.24, 2.45) is 5.92 Å². The van der Waals surface area contributed by atoms with Crippen molar-refractivity contribution in [3.8, 4) is 0 Å². The first-order chi connectivity index (χ1) is 15.2. The van der Waals surface area contributed by atoms with E-state index in [-0.39, 0.29) is 11.9 Å². The van der Waals surface area contributed by atoms with Crippen LogP contribution in [0.25, 0.3) is 0 Å². The Bertz CT molecular complexity index is 939. The van der Waals surface area contributed by atoms with Gasteiger partial charge < -0.3 is 10.2 Å². The molecule has 2 aromatic rings. The predicted octanol–water partition coefficient (Wildman–Crippen LogP) is 7.18. The molecule has 6 heteroatoms. The zero-order valence-corrected chi connectivity index (χ0v) is 18.8. The van der Waals surface area contributed by atoms with Gasteiger partial charge in [0.15, 0.2) is 0 Å². The molecule has 172 valence electrons. The van der Waals surface area contributed by atoms with Crippen molar-refractivity contribution in [2.45, 2.75) is 71.0 Å². The smallest absolute Gasteiger partial charge is 0.364 e. The third kappa shape index (κ3) is 4.94. The molecule has 1 atom stereocenters. The number of amides is 1. The third-order valence-corrected chi connectivity index (χ3v) is 6.94. The van der Waals surface area contributed by atoms with Gasteiger partial charge in [0.05, 0.1) is 11.6 Å². The number of hydrogen-bond donors (Lipinski definition) is 1. The van der Waals surface area contributed by atoms with Crippen LogP contribution >= 0.6 is 0 Å². The van der Waals surface area contributed by atoms with E-state index >= 15 is 0 Å². The molecule has 32 heavy (non-hydrogen) atoms. The van der Waals surface area contributed by atoms with Gasteiger partial charge in [-0.15, -0.1) is 0 Å². The van der Waals surface area contributed by atoms with Crippen LogP contribution in [0.2, 0.25) is 0 Å². The Hall–Kier alpha value is -2.50. The molecule has 2 aromatic carbocycles. The van der Waals surface area contributed by atoms with Crippen molar-refractivity contribution >= 4 is 17.3 Å². The summed E-state index contributed by atoms with van der Waals surface area (Å²) in [5, 5.41) is 3.12. The Balaban J connectivity index is 1.50. The number of benzene rings is 2. The van der Waals surface area contributed by atoms with Gasteiger partial charge in [0.25, 0.3) is 0 Å². The van der Waals surface area contributed by atoms with E-state index in [0.717, 1.165) is 60.3 Å². The minimum absolute atomic E-state index is 0.0545. The molecule has 4 rings (SSSR count). The van der Waals surface area contributed by atoms with Crippen LogP contribution in [0, 0.1) is 19.8 Å². The lowest BCUT2D eigenvalue weighted by Crippen LogP contribution is -2.23. The average molecular weight is 445 g/mol. The zero-order chi connectivity index (χ0) is 22.9. The van der Waals surface area contributed by atoms with E-state index in [1.54, 1.807) is 12.1 Å². The molecule has 1 N–H and O–H groups in total. The Labute approximate surface area is 188 Å². The Morgan fingerprint density at radius 2 is 1.62 bits per heavy atom. The standard InChI is InChI=1S/C26H31F3N2O/c1-17-14-22(15-18(2)25(17)30-24(32)16-19-6-3-4-7-19)31-13-5-8-23(31)20-9-11-21(12-10-20)26(27,28)29/h9-12,14-15,19,23H,3-8,13,16H2,1-2H3,(H,30,32). The van der Waals surface area contributed by atoms with Gasteiger partial charge in [0.1, 0.15) is 0 Å². The number of carbonyl (C=O) groups is 1. The van der Waals surface area contributed by atoms with E-state index in [9.17, 15) is 18.0 Å². The van der Waals surface area contributed by atoms with Crippen LogP contribution in [0.1, 0.15) is 73.2 Å². The van der Waals surface area contributed by atoms with E-state index in [1.165, 1.54) is 25.0 Å². The first-order valence-corrected chi connectivity index (χ1v) is 11.6. The highest BCUT2D eigenvalue weighted by atomic mass is 19.4. The van der Waals surface area contributed by atoms with Gasteiger partial charge in [-0.3, -0.25) is 4.79 Å². The number of alkyl halides is 3. The van der Waals surface area contributed by atoms with Crippen LogP contribution in [-0.2, 0) is 11.0 Å². The van der Waals surface area contributed by atoms with Crippen molar-refractivity contribution in [1.82, 2.24) is 0 Å². The van der Waals surface area contributed by atoms with E-state index in [4.69, 9.17) is 0 Å². The number of nitrogens with zero attached hydrogens (tertiary/aromatic N) is 1. The number of nitrogens with one attached hydrogen (secondary N) is 1. The molecule has 0 spiro atoms. The first kappa shape index (κ1) is 22.7. The van der Waals surface area contributed by atoms with Crippen LogP contribution in [-0.4, -0.2) is 12.5 Å². The molecule has 3 nitrogen and oxygen atoms in total. The summed E-state index contributed by atoms with van der Waals surface area (Å²) in [4.78, 5) is 14.8. The average Bonchev–Trinajstić information content (AvgIpc) is 3.42. The Morgan fingerprint density at radius 1 is 1.00 bits per heavy atom. The van der Waals surface area contributed by atoms with Crippen molar-refractivity contribution in [2.75, 3.05) is 16.8 Å². The largest absolute Gasteiger partial charge is 0.416 e. The maximum atomic E-state index is 12.9. The molecule has 2 fully saturated rings. The highest BCUT2D eigenvalue weighted by Crippen LogP contribution is 2.39. The fourth-order valence-corrected chi connectivity index (χ4v) is 5.29. The fourth-order valence-electron chi connectivity index (χ4n) is 5.29. The second-order valence-electron chi connectivity index (χ2n) is 9.33. The summed E-state index contributed by atoms with van der Waals surface area (Å²) in [5.41, 5.74) is 4.24. The number of anilines is 2. The second kappa shape index (κ2) is 9.16. The minimum atomic E-state index is -4.32. The summed E-state index contributed by atoms with van der Waals surface area (Å²) in [5.74, 6) is 0.587. The molecule has 1 saturated heterocycles. The van der Waals surface area contributed by atoms with Crippen molar-refractivity contribution in [3.63, 3.8) is 0 Å². The lowest BCUT2D eigenvalue weighted by molar-refractivity contribution is -0.137. The van der Waals surface area contributed by atoms with Gasteiger partial charge in [0, 0.05) is 24.3 Å². The lowest BCUT2D eigenvalue weighted by Gasteiger charge is -2.29. The summed E-state index contributed by atoms with van der Waals surface area (Å²) >= 11 is 0. The molecule has 1 unspecified atom stereocenters. The number of rotatable bonds is 5. The van der Waals surface area contributed by atoms with Gasteiger partial charge in [-0.2, -0.15) is 13.2 Å². The summed E-state index contributed by atoms with van der Waals surface area (Å²) in [7, 11) is 0. The molecule has 1 amide bonds. The van der Waals surface area contributed by atoms with Crippen molar-refractivity contribution in [3.05, 3.63) is 58.7 Å². The molecular formula is C26H31F3N2O. The van der Waals surface area contributed by atoms with Crippen LogP contribution in [0.5, 0.6) is 0 Å². The number of aryl methyl sites for hydroxylation is 2. The number of halogens is 3. The van der Waals surface area contributed by atoms with Gasteiger partial charge in [-0.25, -0.2) is 0 Å². The van der Waals surface area contributed by atoms with Crippen LogP contribution in [0.3, 0.4) is 0 Å². The molecule has 1 aliphatic heterocycles. The van der Waals surface area contributed by atoms with Crippen LogP contribution in [0.15, 0.2) is 36.4 Å². The first-order valence-electron chi connectivity index (χ1n) is 11.6. The maximum Gasteiger partial charge on any atom is 0.416 e. The van der Waals surface area contributed by atoms with Gasteiger partial charge >= 0.3 is 6.18 Å². The van der Waals surface area contributed by atoms with E-state index in [2.05, 4.69) is 22.3 Å². The topological polar surface area (TPSA) is 32.3 Å². The van der Waals surface area contributed by atoms with Crippen LogP contribution < -0.4 is 10.2 Å². The maximum absolute atomic E-state index is 12.9. The second-order valence-corrected chi connectivity index (χ2v) is 9.33. The van der Waals surface area contributed by atoms with Crippen LogP contribution in [0.4, 0.5) is 24.5 Å². The Kier molecular flexibility index (Phi) is 6.50. The SMILES string of the molecule is Cc1cc(N2CCCC2c2ccc(C(F)(F)F)cc2)cc(C)c1NC(=O)CC1CCCC1.